The fourth-order valence-electron chi connectivity index (χ4n) is 3.69. The number of carbonyl (C=O) groups excluding carboxylic acids is 1. The number of nitrogens with zero attached hydrogens (tertiary/aromatic N) is 1. The minimum Gasteiger partial charge on any atom is -0.493 e. The van der Waals surface area contributed by atoms with E-state index in [0.717, 1.165) is 43.9 Å². The molecular formula is C18H26N2O2. The molecule has 1 spiro atoms. The lowest BCUT2D eigenvalue weighted by atomic mass is 9.79. The highest BCUT2D eigenvalue weighted by Crippen LogP contribution is 2.35. The van der Waals surface area contributed by atoms with Crippen molar-refractivity contribution in [3.8, 4) is 5.75 Å². The largest absolute Gasteiger partial charge is 0.493 e. The Labute approximate surface area is 132 Å². The SMILES string of the molecule is Cc1ccccc1OCCC(=O)N1CCCC2(CCNC2)C1. The van der Waals surface area contributed by atoms with E-state index in [4.69, 9.17) is 4.74 Å². The van der Waals surface area contributed by atoms with E-state index in [0.29, 0.717) is 18.4 Å². The second-order valence-corrected chi connectivity index (χ2v) is 6.71. The predicted molar refractivity (Wildman–Crippen MR) is 87.0 cm³/mol. The third kappa shape index (κ3) is 3.43. The summed E-state index contributed by atoms with van der Waals surface area (Å²) < 4.78 is 5.76. The fourth-order valence-corrected chi connectivity index (χ4v) is 3.69. The van der Waals surface area contributed by atoms with Crippen LogP contribution in [0, 0.1) is 12.3 Å². The number of rotatable bonds is 4. The Balaban J connectivity index is 1.48. The summed E-state index contributed by atoms with van der Waals surface area (Å²) in [6.07, 6.45) is 4.06. The number of hydrogen-bond donors (Lipinski definition) is 1. The first kappa shape index (κ1) is 15.3. The van der Waals surface area contributed by atoms with Crippen LogP contribution in [0.15, 0.2) is 24.3 Å². The molecular weight excluding hydrogens is 276 g/mol. The van der Waals surface area contributed by atoms with Gasteiger partial charge in [-0.15, -0.1) is 0 Å². The summed E-state index contributed by atoms with van der Waals surface area (Å²) in [6, 6.07) is 7.94. The van der Waals surface area contributed by atoms with Crippen molar-refractivity contribution in [3.63, 3.8) is 0 Å². The van der Waals surface area contributed by atoms with Gasteiger partial charge in [0, 0.05) is 25.0 Å². The summed E-state index contributed by atoms with van der Waals surface area (Å²) in [6.45, 7) is 6.48. The number of nitrogens with one attached hydrogen (secondary N) is 1. The number of ether oxygens (including phenoxy) is 1. The lowest BCUT2D eigenvalue weighted by Crippen LogP contribution is -2.47. The van der Waals surface area contributed by atoms with E-state index in [2.05, 4.69) is 10.2 Å². The Morgan fingerprint density at radius 2 is 2.23 bits per heavy atom. The molecule has 2 fully saturated rings. The van der Waals surface area contributed by atoms with E-state index in [1.54, 1.807) is 0 Å². The number of para-hydroxylation sites is 1. The zero-order valence-corrected chi connectivity index (χ0v) is 13.4. The smallest absolute Gasteiger partial charge is 0.226 e. The number of amides is 1. The molecule has 2 aliphatic rings. The molecule has 2 heterocycles. The van der Waals surface area contributed by atoms with Crippen LogP contribution in [0.1, 0.15) is 31.2 Å². The lowest BCUT2D eigenvalue weighted by molar-refractivity contribution is -0.135. The van der Waals surface area contributed by atoms with Gasteiger partial charge in [-0.3, -0.25) is 4.79 Å². The van der Waals surface area contributed by atoms with Crippen molar-refractivity contribution in [2.45, 2.75) is 32.6 Å². The van der Waals surface area contributed by atoms with Gasteiger partial charge in [0.05, 0.1) is 13.0 Å². The van der Waals surface area contributed by atoms with Crippen LogP contribution in [0.3, 0.4) is 0 Å². The van der Waals surface area contributed by atoms with E-state index in [-0.39, 0.29) is 5.91 Å². The number of likely N-dealkylation sites (tertiary alicyclic amines) is 1. The summed E-state index contributed by atoms with van der Waals surface area (Å²) in [4.78, 5) is 14.5. The fraction of sp³-hybridized carbons (Fsp3) is 0.611. The minimum absolute atomic E-state index is 0.236. The van der Waals surface area contributed by atoms with Crippen molar-refractivity contribution < 1.29 is 9.53 Å². The predicted octanol–water partition coefficient (Wildman–Crippen LogP) is 2.37. The summed E-state index contributed by atoms with van der Waals surface area (Å²) in [5.41, 5.74) is 1.45. The van der Waals surface area contributed by atoms with Gasteiger partial charge in [-0.1, -0.05) is 18.2 Å². The topological polar surface area (TPSA) is 41.6 Å². The molecule has 1 atom stereocenters. The van der Waals surface area contributed by atoms with Crippen LogP contribution in [0.25, 0.3) is 0 Å². The minimum atomic E-state index is 0.236. The molecule has 1 amide bonds. The normalized spacial score (nSPS) is 24.7. The van der Waals surface area contributed by atoms with E-state index in [1.165, 1.54) is 12.8 Å². The summed E-state index contributed by atoms with van der Waals surface area (Å²) in [5.74, 6) is 1.12. The van der Waals surface area contributed by atoms with Crippen molar-refractivity contribution in [3.05, 3.63) is 29.8 Å². The molecule has 1 aromatic rings. The van der Waals surface area contributed by atoms with Crippen LogP contribution in [0.2, 0.25) is 0 Å². The van der Waals surface area contributed by atoms with Crippen LogP contribution >= 0.6 is 0 Å². The monoisotopic (exact) mass is 302 g/mol. The molecule has 1 unspecified atom stereocenters. The zero-order valence-electron chi connectivity index (χ0n) is 13.4. The molecule has 1 aromatic carbocycles. The zero-order chi connectivity index (χ0) is 15.4. The highest BCUT2D eigenvalue weighted by atomic mass is 16.5. The molecule has 0 bridgehead atoms. The molecule has 0 saturated carbocycles. The van der Waals surface area contributed by atoms with Gasteiger partial charge in [-0.05, 0) is 44.4 Å². The Hall–Kier alpha value is -1.55. The molecule has 1 N–H and O–H groups in total. The summed E-state index contributed by atoms with van der Waals surface area (Å²) >= 11 is 0. The van der Waals surface area contributed by atoms with Crippen molar-refractivity contribution in [1.29, 1.82) is 0 Å². The number of aryl methyl sites for hydroxylation is 1. The highest BCUT2D eigenvalue weighted by Gasteiger charge is 2.39. The standard InChI is InChI=1S/C18H26N2O2/c1-15-5-2-3-6-16(15)22-12-7-17(21)20-11-4-8-18(14-20)9-10-19-13-18/h2-3,5-6,19H,4,7-14H2,1H3. The van der Waals surface area contributed by atoms with E-state index in [1.807, 2.05) is 31.2 Å². The Morgan fingerprint density at radius 3 is 3.00 bits per heavy atom. The van der Waals surface area contributed by atoms with Gasteiger partial charge in [-0.2, -0.15) is 0 Å². The Morgan fingerprint density at radius 1 is 1.36 bits per heavy atom. The molecule has 2 aliphatic heterocycles. The van der Waals surface area contributed by atoms with Gasteiger partial charge in [0.25, 0.3) is 0 Å². The molecule has 0 aromatic heterocycles. The molecule has 4 nitrogen and oxygen atoms in total. The quantitative estimate of drug-likeness (QED) is 0.928. The van der Waals surface area contributed by atoms with Crippen LogP contribution in [0.4, 0.5) is 0 Å². The summed E-state index contributed by atoms with van der Waals surface area (Å²) in [7, 11) is 0. The van der Waals surface area contributed by atoms with Gasteiger partial charge < -0.3 is 15.0 Å². The molecule has 2 saturated heterocycles. The second kappa shape index (κ2) is 6.69. The first-order valence-electron chi connectivity index (χ1n) is 8.36. The van der Waals surface area contributed by atoms with Gasteiger partial charge >= 0.3 is 0 Å². The average molecular weight is 302 g/mol. The third-order valence-electron chi connectivity index (χ3n) is 5.01. The summed E-state index contributed by atoms with van der Waals surface area (Å²) in [5, 5.41) is 3.45. The average Bonchev–Trinajstić information content (AvgIpc) is 2.97. The molecule has 120 valence electrons. The number of piperidine rings is 1. The van der Waals surface area contributed by atoms with E-state index in [9.17, 15) is 4.79 Å². The van der Waals surface area contributed by atoms with Gasteiger partial charge in [0.2, 0.25) is 5.91 Å². The second-order valence-electron chi connectivity index (χ2n) is 6.71. The first-order valence-corrected chi connectivity index (χ1v) is 8.36. The van der Waals surface area contributed by atoms with Gasteiger partial charge in [0.1, 0.15) is 5.75 Å². The molecule has 0 aliphatic carbocycles. The highest BCUT2D eigenvalue weighted by molar-refractivity contribution is 5.76. The Bertz CT molecular complexity index is 524. The number of benzene rings is 1. The molecule has 3 rings (SSSR count). The molecule has 4 heteroatoms. The maximum atomic E-state index is 12.4. The van der Waals surface area contributed by atoms with Crippen LogP contribution in [0.5, 0.6) is 5.75 Å². The first-order chi connectivity index (χ1) is 10.7. The molecule has 0 radical (unpaired) electrons. The van der Waals surface area contributed by atoms with Gasteiger partial charge in [-0.25, -0.2) is 0 Å². The van der Waals surface area contributed by atoms with Gasteiger partial charge in [0.15, 0.2) is 0 Å². The van der Waals surface area contributed by atoms with E-state index >= 15 is 0 Å². The Kier molecular flexibility index (Phi) is 4.67. The van der Waals surface area contributed by atoms with E-state index < -0.39 is 0 Å². The maximum absolute atomic E-state index is 12.4. The van der Waals surface area contributed by atoms with Crippen LogP contribution in [-0.4, -0.2) is 43.6 Å². The van der Waals surface area contributed by atoms with Crippen molar-refractivity contribution in [1.82, 2.24) is 10.2 Å². The van der Waals surface area contributed by atoms with Crippen molar-refractivity contribution in [2.75, 3.05) is 32.8 Å². The van der Waals surface area contributed by atoms with Crippen molar-refractivity contribution in [2.24, 2.45) is 5.41 Å². The van der Waals surface area contributed by atoms with Crippen LogP contribution in [-0.2, 0) is 4.79 Å². The number of hydrogen-bond acceptors (Lipinski definition) is 3. The van der Waals surface area contributed by atoms with Crippen LogP contribution < -0.4 is 10.1 Å². The maximum Gasteiger partial charge on any atom is 0.226 e. The number of carbonyl (C=O) groups is 1. The van der Waals surface area contributed by atoms with Crippen molar-refractivity contribution >= 4 is 5.91 Å². The third-order valence-corrected chi connectivity index (χ3v) is 5.01. The molecule has 22 heavy (non-hydrogen) atoms. The lowest BCUT2D eigenvalue weighted by Gasteiger charge is -2.40.